The molecule has 0 atom stereocenters. The zero-order valence-electron chi connectivity index (χ0n) is 3.34. The summed E-state index contributed by atoms with van der Waals surface area (Å²) in [6.45, 7) is 1.08. The second kappa shape index (κ2) is 9.35. The zero-order valence-corrected chi connectivity index (χ0v) is 7.78. The monoisotopic (exact) mass is 235 g/mol. The normalized spacial score (nSPS) is 4.17. The van der Waals surface area contributed by atoms with Crippen molar-refractivity contribution in [2.45, 2.75) is 6.92 Å². The predicted octanol–water partition coefficient (Wildman–Crippen LogP) is 0.513. The van der Waals surface area contributed by atoms with Crippen molar-refractivity contribution in [3.63, 3.8) is 0 Å². The standard InChI is InChI=1S/C2H4O2.ClH.La/c1-2(3)4;;/h1H3,(H,3,4);1H;. The van der Waals surface area contributed by atoms with Gasteiger partial charge in [-0.05, 0) is 0 Å². The van der Waals surface area contributed by atoms with Gasteiger partial charge in [0, 0.05) is 42.5 Å². The minimum absolute atomic E-state index is 0. The molecule has 35 valence electrons. The fourth-order valence-corrected chi connectivity index (χ4v) is 0. The number of carboxylic acid groups (broad SMARTS) is 1. The van der Waals surface area contributed by atoms with Gasteiger partial charge >= 0.3 is 0 Å². The van der Waals surface area contributed by atoms with Crippen molar-refractivity contribution in [3.8, 4) is 0 Å². The van der Waals surface area contributed by atoms with Crippen molar-refractivity contribution in [1.82, 2.24) is 0 Å². The summed E-state index contributed by atoms with van der Waals surface area (Å²) in [6, 6.07) is 0. The van der Waals surface area contributed by atoms with Gasteiger partial charge in [0.1, 0.15) is 0 Å². The van der Waals surface area contributed by atoms with E-state index in [2.05, 4.69) is 0 Å². The Hall–Kier alpha value is 0.955. The van der Waals surface area contributed by atoms with Crippen molar-refractivity contribution < 1.29 is 45.5 Å². The molecule has 0 spiro atoms. The molecule has 6 heavy (non-hydrogen) atoms. The van der Waals surface area contributed by atoms with Gasteiger partial charge in [-0.15, -0.1) is 12.4 Å². The maximum absolute atomic E-state index is 9.00. The van der Waals surface area contributed by atoms with Gasteiger partial charge in [-0.2, -0.15) is 0 Å². The SMILES string of the molecule is CC(=O)O.Cl.[La]. The van der Waals surface area contributed by atoms with Gasteiger partial charge in [-0.3, -0.25) is 4.79 Å². The molecule has 1 N–H and O–H groups in total. The smallest absolute Gasteiger partial charge is 0.300 e. The summed E-state index contributed by atoms with van der Waals surface area (Å²) in [5.41, 5.74) is 0. The predicted molar refractivity (Wildman–Crippen MR) is 20.6 cm³/mol. The molecule has 4 heteroatoms. The first-order valence-corrected chi connectivity index (χ1v) is 0.928. The molecule has 2 nitrogen and oxygen atoms in total. The van der Waals surface area contributed by atoms with E-state index in [1.807, 2.05) is 0 Å². The number of rotatable bonds is 0. The molecule has 0 aromatic rings. The second-order valence-electron chi connectivity index (χ2n) is 0.519. The average molecular weight is 235 g/mol. The fraction of sp³-hybridized carbons (Fsp3) is 0.500. The number of hydrogen-bond acceptors (Lipinski definition) is 1. The summed E-state index contributed by atoms with van der Waals surface area (Å²) in [6.07, 6.45) is 0. The van der Waals surface area contributed by atoms with Crippen LogP contribution in [-0.2, 0) is 4.79 Å². The molecule has 0 saturated heterocycles. The second-order valence-corrected chi connectivity index (χ2v) is 0.519. The topological polar surface area (TPSA) is 37.3 Å². The van der Waals surface area contributed by atoms with E-state index in [0.717, 1.165) is 6.92 Å². The van der Waals surface area contributed by atoms with E-state index in [9.17, 15) is 0 Å². The Balaban J connectivity index is -0.0000000450. The van der Waals surface area contributed by atoms with Crippen LogP contribution in [0.1, 0.15) is 6.92 Å². The van der Waals surface area contributed by atoms with Gasteiger partial charge in [0.15, 0.2) is 0 Å². The summed E-state index contributed by atoms with van der Waals surface area (Å²) in [5.74, 6) is -0.833. The van der Waals surface area contributed by atoms with Gasteiger partial charge in [-0.25, -0.2) is 0 Å². The van der Waals surface area contributed by atoms with Gasteiger partial charge in [0.2, 0.25) is 0 Å². The minimum atomic E-state index is -0.833. The molecule has 0 aliphatic rings. The number of hydrogen-bond donors (Lipinski definition) is 1. The Bertz CT molecular complexity index is 34.5. The summed E-state index contributed by atoms with van der Waals surface area (Å²) >= 11 is 0. The zero-order chi connectivity index (χ0) is 3.58. The van der Waals surface area contributed by atoms with Crippen LogP contribution >= 0.6 is 12.4 Å². The fourth-order valence-electron chi connectivity index (χ4n) is 0. The van der Waals surface area contributed by atoms with Crippen LogP contribution in [0.5, 0.6) is 0 Å². The van der Waals surface area contributed by atoms with E-state index >= 15 is 0 Å². The molecule has 0 rings (SSSR count). The van der Waals surface area contributed by atoms with Crippen molar-refractivity contribution in [3.05, 3.63) is 0 Å². The molecule has 0 aliphatic heterocycles. The number of aliphatic carboxylic acids is 1. The van der Waals surface area contributed by atoms with Crippen LogP contribution in [0, 0.1) is 35.6 Å². The van der Waals surface area contributed by atoms with Crippen LogP contribution in [0.3, 0.4) is 0 Å². The number of carboxylic acids is 1. The minimum Gasteiger partial charge on any atom is -0.481 e. The molecular weight excluding hydrogens is 230 g/mol. The number of carbonyl (C=O) groups is 1. The molecule has 1 radical (unpaired) electrons. The van der Waals surface area contributed by atoms with Gasteiger partial charge in [0.05, 0.1) is 0 Å². The van der Waals surface area contributed by atoms with Crippen LogP contribution in [-0.4, -0.2) is 11.1 Å². The summed E-state index contributed by atoms with van der Waals surface area (Å²) in [7, 11) is 0. The van der Waals surface area contributed by atoms with E-state index in [-0.39, 0.29) is 48.0 Å². The molecule has 0 unspecified atom stereocenters. The molecule has 0 aromatic carbocycles. The van der Waals surface area contributed by atoms with Crippen molar-refractivity contribution in [2.75, 3.05) is 0 Å². The van der Waals surface area contributed by atoms with Crippen LogP contribution in [0.25, 0.3) is 0 Å². The Morgan fingerprint density at radius 2 is 1.67 bits per heavy atom. The van der Waals surface area contributed by atoms with Gasteiger partial charge < -0.3 is 5.11 Å². The molecular formula is C2H5ClLaO2. The Kier molecular flexibility index (Phi) is 24.6. The van der Waals surface area contributed by atoms with E-state index in [1.54, 1.807) is 0 Å². The molecule has 0 aromatic heterocycles. The molecule has 0 bridgehead atoms. The summed E-state index contributed by atoms with van der Waals surface area (Å²) in [5, 5.41) is 7.42. The Morgan fingerprint density at radius 1 is 1.67 bits per heavy atom. The summed E-state index contributed by atoms with van der Waals surface area (Å²) in [4.78, 5) is 9.00. The first-order chi connectivity index (χ1) is 1.73. The Morgan fingerprint density at radius 3 is 1.67 bits per heavy atom. The van der Waals surface area contributed by atoms with E-state index in [4.69, 9.17) is 9.90 Å². The average Bonchev–Trinajstić information content (AvgIpc) is 0.811. The largest absolute Gasteiger partial charge is 0.481 e. The number of halogens is 1. The van der Waals surface area contributed by atoms with Crippen molar-refractivity contribution in [2.24, 2.45) is 0 Å². The van der Waals surface area contributed by atoms with Crippen LogP contribution in [0.4, 0.5) is 0 Å². The van der Waals surface area contributed by atoms with Crippen LogP contribution < -0.4 is 0 Å². The molecule has 0 fully saturated rings. The van der Waals surface area contributed by atoms with Crippen molar-refractivity contribution >= 4 is 18.4 Å². The molecule has 0 saturated carbocycles. The maximum Gasteiger partial charge on any atom is 0.300 e. The quantitative estimate of drug-likeness (QED) is 0.664. The first kappa shape index (κ1) is 15.8. The van der Waals surface area contributed by atoms with Crippen LogP contribution in [0.2, 0.25) is 0 Å². The van der Waals surface area contributed by atoms with Crippen LogP contribution in [0.15, 0.2) is 0 Å². The Labute approximate surface area is 70.3 Å². The first-order valence-electron chi connectivity index (χ1n) is 0.928. The summed E-state index contributed by atoms with van der Waals surface area (Å²) < 4.78 is 0. The van der Waals surface area contributed by atoms with E-state index in [1.165, 1.54) is 0 Å². The van der Waals surface area contributed by atoms with E-state index < -0.39 is 5.97 Å². The van der Waals surface area contributed by atoms with Gasteiger partial charge in [-0.1, -0.05) is 0 Å². The molecule has 0 aliphatic carbocycles. The van der Waals surface area contributed by atoms with E-state index in [0.29, 0.717) is 0 Å². The maximum atomic E-state index is 9.00. The van der Waals surface area contributed by atoms with Crippen molar-refractivity contribution in [1.29, 1.82) is 0 Å². The molecule has 0 amide bonds. The third-order valence-corrected chi connectivity index (χ3v) is 0. The third-order valence-electron chi connectivity index (χ3n) is 0. The molecule has 0 heterocycles. The van der Waals surface area contributed by atoms with Gasteiger partial charge in [0.25, 0.3) is 5.97 Å². The third kappa shape index (κ3) is 85.0.